The molecule has 27 heavy (non-hydrogen) atoms. The molecular weight excluding hydrogens is 408 g/mol. The first kappa shape index (κ1) is 17.9. The van der Waals surface area contributed by atoms with Gasteiger partial charge in [-0.3, -0.25) is 4.79 Å². The second-order valence-electron chi connectivity index (χ2n) is 6.87. The molecule has 1 N–H and O–H groups in total. The predicted octanol–water partition coefficient (Wildman–Crippen LogP) is 3.36. The number of aromatic nitrogens is 4. The van der Waals surface area contributed by atoms with Crippen molar-refractivity contribution in [3.8, 4) is 0 Å². The minimum Gasteiger partial charge on any atom is -0.355 e. The number of carbonyl (C=O) groups excluding carboxylic acids is 1. The van der Waals surface area contributed by atoms with E-state index < -0.39 is 0 Å². The van der Waals surface area contributed by atoms with Gasteiger partial charge in [-0.25, -0.2) is 4.98 Å². The third kappa shape index (κ3) is 3.41. The molecule has 4 rings (SSSR count). The molecule has 1 amide bonds. The zero-order valence-corrected chi connectivity index (χ0v) is 16.9. The number of para-hydroxylation sites is 1. The number of hydrogen-bond acceptors (Lipinski definition) is 5. The number of aryl methyl sites for hydroxylation is 1. The Kier molecular flexibility index (Phi) is 4.82. The van der Waals surface area contributed by atoms with Gasteiger partial charge in [0.05, 0.1) is 11.6 Å². The van der Waals surface area contributed by atoms with Gasteiger partial charge in [-0.15, -0.1) is 0 Å². The molecule has 0 spiro atoms. The smallest absolute Gasteiger partial charge is 0.254 e. The van der Waals surface area contributed by atoms with E-state index in [1.165, 1.54) is 6.33 Å². The fraction of sp³-hybridized carbons (Fsp3) is 0.368. The Morgan fingerprint density at radius 1 is 1.30 bits per heavy atom. The van der Waals surface area contributed by atoms with Crippen molar-refractivity contribution in [3.05, 3.63) is 46.3 Å². The van der Waals surface area contributed by atoms with Crippen molar-refractivity contribution in [3.63, 3.8) is 0 Å². The first-order valence-electron chi connectivity index (χ1n) is 9.02. The number of benzene rings is 1. The van der Waals surface area contributed by atoms with Gasteiger partial charge in [-0.05, 0) is 54.8 Å². The molecule has 1 fully saturated rings. The fourth-order valence-corrected chi connectivity index (χ4v) is 3.95. The van der Waals surface area contributed by atoms with Crippen LogP contribution in [0.25, 0.3) is 5.78 Å². The molecule has 1 aliphatic rings. The molecule has 1 aromatic carbocycles. The van der Waals surface area contributed by atoms with Gasteiger partial charge in [0.2, 0.25) is 5.91 Å². The van der Waals surface area contributed by atoms with Crippen LogP contribution in [0.4, 0.5) is 11.5 Å². The average Bonchev–Trinajstić information content (AvgIpc) is 3.12. The van der Waals surface area contributed by atoms with E-state index in [4.69, 9.17) is 0 Å². The normalized spacial score (nSPS) is 17.3. The standard InChI is InChI=1S/C19H21BrN6O/c1-12-13(2)23-19-21-11-22-26(19)18(12)25-9-5-6-14(10-25)17(27)24-16-8-4-3-7-15(16)20/h3-4,7-8,11,14H,5-6,9-10H2,1-2H3,(H,24,27)/t14-/m1/s1. The monoisotopic (exact) mass is 428 g/mol. The zero-order chi connectivity index (χ0) is 19.0. The first-order valence-corrected chi connectivity index (χ1v) is 9.81. The van der Waals surface area contributed by atoms with Gasteiger partial charge in [-0.1, -0.05) is 12.1 Å². The number of nitrogens with one attached hydrogen (secondary N) is 1. The molecule has 0 bridgehead atoms. The summed E-state index contributed by atoms with van der Waals surface area (Å²) in [5.41, 5.74) is 2.80. The number of hydrogen-bond donors (Lipinski definition) is 1. The third-order valence-corrected chi connectivity index (χ3v) is 5.79. The Bertz CT molecular complexity index is 1000. The zero-order valence-electron chi connectivity index (χ0n) is 15.3. The van der Waals surface area contributed by atoms with Gasteiger partial charge >= 0.3 is 0 Å². The lowest BCUT2D eigenvalue weighted by Gasteiger charge is -2.34. The molecule has 1 atom stereocenters. The van der Waals surface area contributed by atoms with Crippen molar-refractivity contribution in [2.45, 2.75) is 26.7 Å². The second-order valence-corrected chi connectivity index (χ2v) is 7.73. The van der Waals surface area contributed by atoms with Crippen LogP contribution in [0.3, 0.4) is 0 Å². The lowest BCUT2D eigenvalue weighted by molar-refractivity contribution is -0.120. The summed E-state index contributed by atoms with van der Waals surface area (Å²) in [5, 5.41) is 7.39. The molecule has 2 aromatic heterocycles. The lowest BCUT2D eigenvalue weighted by Crippen LogP contribution is -2.42. The molecule has 3 heterocycles. The lowest BCUT2D eigenvalue weighted by atomic mass is 9.96. The van der Waals surface area contributed by atoms with Crippen LogP contribution in [0.15, 0.2) is 35.1 Å². The van der Waals surface area contributed by atoms with Gasteiger partial charge in [0.25, 0.3) is 5.78 Å². The summed E-state index contributed by atoms with van der Waals surface area (Å²) in [7, 11) is 0. The predicted molar refractivity (Wildman–Crippen MR) is 108 cm³/mol. The Morgan fingerprint density at radius 3 is 2.93 bits per heavy atom. The molecule has 0 radical (unpaired) electrons. The van der Waals surface area contributed by atoms with Crippen molar-refractivity contribution in [2.75, 3.05) is 23.3 Å². The van der Waals surface area contributed by atoms with Crippen molar-refractivity contribution in [1.82, 2.24) is 19.6 Å². The summed E-state index contributed by atoms with van der Waals surface area (Å²) in [5.74, 6) is 1.53. The molecule has 0 saturated carbocycles. The summed E-state index contributed by atoms with van der Waals surface area (Å²) < 4.78 is 2.66. The summed E-state index contributed by atoms with van der Waals surface area (Å²) in [6.07, 6.45) is 3.34. The number of fused-ring (bicyclic) bond motifs is 1. The number of nitrogens with zero attached hydrogens (tertiary/aromatic N) is 5. The number of carbonyl (C=O) groups is 1. The summed E-state index contributed by atoms with van der Waals surface area (Å²) in [4.78, 5) is 23.8. The van der Waals surface area contributed by atoms with Crippen LogP contribution in [0.2, 0.25) is 0 Å². The summed E-state index contributed by atoms with van der Waals surface area (Å²) >= 11 is 3.49. The highest BCUT2D eigenvalue weighted by molar-refractivity contribution is 9.10. The van der Waals surface area contributed by atoms with Gasteiger partial charge in [0.15, 0.2) is 0 Å². The van der Waals surface area contributed by atoms with E-state index in [1.807, 2.05) is 38.1 Å². The van der Waals surface area contributed by atoms with E-state index in [1.54, 1.807) is 4.52 Å². The molecular formula is C19H21BrN6O. The molecule has 8 heteroatoms. The third-order valence-electron chi connectivity index (χ3n) is 5.10. The molecule has 1 aliphatic heterocycles. The maximum absolute atomic E-state index is 12.9. The minimum atomic E-state index is -0.0858. The van der Waals surface area contributed by atoms with Crippen molar-refractivity contribution < 1.29 is 4.79 Å². The number of amides is 1. The van der Waals surface area contributed by atoms with Crippen LogP contribution in [0.5, 0.6) is 0 Å². The van der Waals surface area contributed by atoms with Crippen LogP contribution in [0.1, 0.15) is 24.1 Å². The number of rotatable bonds is 3. The first-order chi connectivity index (χ1) is 13.0. The Morgan fingerprint density at radius 2 is 2.11 bits per heavy atom. The van der Waals surface area contributed by atoms with Gasteiger partial charge in [0.1, 0.15) is 12.1 Å². The quantitative estimate of drug-likeness (QED) is 0.691. The summed E-state index contributed by atoms with van der Waals surface area (Å²) in [6.45, 7) is 5.56. The van der Waals surface area contributed by atoms with E-state index in [-0.39, 0.29) is 11.8 Å². The van der Waals surface area contributed by atoms with Gasteiger partial charge in [-0.2, -0.15) is 14.6 Å². The maximum atomic E-state index is 12.9. The van der Waals surface area contributed by atoms with Crippen molar-refractivity contribution in [1.29, 1.82) is 0 Å². The Hall–Kier alpha value is -2.48. The van der Waals surface area contributed by atoms with E-state index >= 15 is 0 Å². The van der Waals surface area contributed by atoms with E-state index in [2.05, 4.69) is 41.2 Å². The number of halogens is 1. The Labute approximate surface area is 165 Å². The minimum absolute atomic E-state index is 0.0462. The Balaban J connectivity index is 1.59. The number of anilines is 2. The molecule has 7 nitrogen and oxygen atoms in total. The largest absolute Gasteiger partial charge is 0.355 e. The van der Waals surface area contributed by atoms with E-state index in [0.717, 1.165) is 46.6 Å². The highest BCUT2D eigenvalue weighted by Gasteiger charge is 2.29. The van der Waals surface area contributed by atoms with Crippen LogP contribution in [0, 0.1) is 19.8 Å². The van der Waals surface area contributed by atoms with Crippen LogP contribution >= 0.6 is 15.9 Å². The SMILES string of the molecule is Cc1nc2ncnn2c(N2CCC[C@@H](C(=O)Nc3ccccc3Br)C2)c1C. The fourth-order valence-electron chi connectivity index (χ4n) is 3.57. The van der Waals surface area contributed by atoms with Gasteiger partial charge in [0, 0.05) is 28.8 Å². The molecule has 140 valence electrons. The molecule has 3 aromatic rings. The molecule has 1 saturated heterocycles. The highest BCUT2D eigenvalue weighted by atomic mass is 79.9. The van der Waals surface area contributed by atoms with E-state index in [9.17, 15) is 4.79 Å². The number of piperidine rings is 1. The highest BCUT2D eigenvalue weighted by Crippen LogP contribution is 2.29. The average molecular weight is 429 g/mol. The van der Waals surface area contributed by atoms with Crippen LogP contribution < -0.4 is 10.2 Å². The molecule has 0 aliphatic carbocycles. The summed E-state index contributed by atoms with van der Waals surface area (Å²) in [6, 6.07) is 7.67. The van der Waals surface area contributed by atoms with E-state index in [0.29, 0.717) is 12.3 Å². The van der Waals surface area contributed by atoms with Crippen molar-refractivity contribution >= 4 is 39.1 Å². The maximum Gasteiger partial charge on any atom is 0.254 e. The second kappa shape index (κ2) is 7.26. The van der Waals surface area contributed by atoms with Crippen LogP contribution in [-0.2, 0) is 4.79 Å². The molecule has 0 unspecified atom stereocenters. The van der Waals surface area contributed by atoms with Crippen molar-refractivity contribution in [2.24, 2.45) is 5.92 Å². The topological polar surface area (TPSA) is 75.4 Å². The van der Waals surface area contributed by atoms with Crippen LogP contribution in [-0.4, -0.2) is 38.6 Å². The van der Waals surface area contributed by atoms with Gasteiger partial charge < -0.3 is 10.2 Å².